The number of anilines is 1. The highest BCUT2D eigenvalue weighted by atomic mass is 35.5. The van der Waals surface area contributed by atoms with Crippen molar-refractivity contribution in [1.29, 1.82) is 0 Å². The molecule has 3 rings (SSSR count). The van der Waals surface area contributed by atoms with Crippen LogP contribution in [0.15, 0.2) is 66.1 Å². The average Bonchev–Trinajstić information content (AvgIpc) is 3.10. The lowest BCUT2D eigenvalue weighted by Gasteiger charge is -2.43. The van der Waals surface area contributed by atoms with Gasteiger partial charge in [-0.1, -0.05) is 36.7 Å². The van der Waals surface area contributed by atoms with Crippen molar-refractivity contribution in [3.8, 4) is 0 Å². The number of carboxylic acid groups (broad SMARTS) is 1. The summed E-state index contributed by atoms with van der Waals surface area (Å²) in [4.78, 5) is 26.1. The number of thioether (sulfide) groups is 1. The predicted octanol–water partition coefficient (Wildman–Crippen LogP) is 3.73. The largest absolute Gasteiger partial charge is 0.476 e. The molecule has 2 aromatic rings. The van der Waals surface area contributed by atoms with Crippen LogP contribution in [-0.2, 0) is 9.53 Å². The van der Waals surface area contributed by atoms with Crippen molar-refractivity contribution in [2.24, 2.45) is 5.92 Å². The Balaban J connectivity index is 2.09. The quantitative estimate of drug-likeness (QED) is 0.551. The molecule has 3 N–H and O–H groups in total. The second-order valence-electron chi connectivity index (χ2n) is 7.04. The molecule has 0 aliphatic carbocycles. The second-order valence-corrected chi connectivity index (χ2v) is 8.51. The fraction of sp³-hybridized carbons (Fsp3) is 0.273. The Morgan fingerprint density at radius 3 is 2.42 bits per heavy atom. The SMILES string of the molecule is COCC(C)C1(SC)NC(NC(=O)c2ccc(Cl)cc2)=C(C(=O)O)N1c1ccccc1. The van der Waals surface area contributed by atoms with Crippen molar-refractivity contribution in [3.05, 3.63) is 76.7 Å². The van der Waals surface area contributed by atoms with Crippen molar-refractivity contribution in [2.75, 3.05) is 24.9 Å². The van der Waals surface area contributed by atoms with Crippen LogP contribution < -0.4 is 15.5 Å². The fourth-order valence-electron chi connectivity index (χ4n) is 3.60. The normalized spacial score (nSPS) is 19.2. The number of aliphatic carboxylic acids is 1. The van der Waals surface area contributed by atoms with E-state index in [1.165, 1.54) is 11.8 Å². The number of halogens is 1. The van der Waals surface area contributed by atoms with E-state index in [0.717, 1.165) is 0 Å². The molecule has 0 aromatic heterocycles. The van der Waals surface area contributed by atoms with E-state index in [4.69, 9.17) is 16.3 Å². The van der Waals surface area contributed by atoms with Gasteiger partial charge in [-0.25, -0.2) is 4.79 Å². The number of carbonyl (C=O) groups excluding carboxylic acids is 1. The third-order valence-corrected chi connectivity index (χ3v) is 6.62. The summed E-state index contributed by atoms with van der Waals surface area (Å²) in [5.41, 5.74) is 0.993. The van der Waals surface area contributed by atoms with E-state index >= 15 is 0 Å². The summed E-state index contributed by atoms with van der Waals surface area (Å²) in [6.45, 7) is 2.34. The van der Waals surface area contributed by atoms with E-state index in [2.05, 4.69) is 10.6 Å². The van der Waals surface area contributed by atoms with E-state index in [1.54, 1.807) is 36.3 Å². The number of nitrogens with one attached hydrogen (secondary N) is 2. The summed E-state index contributed by atoms with van der Waals surface area (Å²) < 4.78 is 5.37. The smallest absolute Gasteiger partial charge is 0.356 e. The van der Waals surface area contributed by atoms with Crippen LogP contribution in [0.25, 0.3) is 0 Å². The molecule has 0 radical (unpaired) electrons. The Kier molecular flexibility index (Phi) is 7.15. The summed E-state index contributed by atoms with van der Waals surface area (Å²) in [5.74, 6) is -1.63. The molecule has 0 spiro atoms. The Bertz CT molecular complexity index is 984. The molecule has 31 heavy (non-hydrogen) atoms. The van der Waals surface area contributed by atoms with Crippen molar-refractivity contribution in [2.45, 2.75) is 11.9 Å². The summed E-state index contributed by atoms with van der Waals surface area (Å²) in [5, 5.41) is 16.7. The van der Waals surface area contributed by atoms with Gasteiger partial charge in [0.25, 0.3) is 5.91 Å². The van der Waals surface area contributed by atoms with Crippen LogP contribution in [0.3, 0.4) is 0 Å². The molecule has 0 saturated heterocycles. The molecule has 0 fully saturated rings. The lowest BCUT2D eigenvalue weighted by Crippen LogP contribution is -2.57. The van der Waals surface area contributed by atoms with Crippen LogP contribution in [-0.4, -0.2) is 42.0 Å². The van der Waals surface area contributed by atoms with Crippen molar-refractivity contribution >= 4 is 40.9 Å². The van der Waals surface area contributed by atoms with Crippen LogP contribution >= 0.6 is 23.4 Å². The lowest BCUT2D eigenvalue weighted by molar-refractivity contribution is -0.132. The van der Waals surface area contributed by atoms with E-state index in [9.17, 15) is 14.7 Å². The van der Waals surface area contributed by atoms with Gasteiger partial charge in [0.05, 0.1) is 6.61 Å². The molecule has 0 saturated carbocycles. The third-order valence-electron chi connectivity index (χ3n) is 5.05. The minimum absolute atomic E-state index is 0.0502. The van der Waals surface area contributed by atoms with E-state index in [1.807, 2.05) is 43.5 Å². The Labute approximate surface area is 190 Å². The summed E-state index contributed by atoms with van der Waals surface area (Å²) >= 11 is 7.35. The number of methoxy groups -OCH3 is 1. The molecule has 0 bridgehead atoms. The molecule has 164 valence electrons. The highest BCUT2D eigenvalue weighted by molar-refractivity contribution is 8.00. The maximum Gasteiger partial charge on any atom is 0.356 e. The van der Waals surface area contributed by atoms with Gasteiger partial charge in [-0.15, -0.1) is 11.8 Å². The molecule has 2 unspecified atom stereocenters. The van der Waals surface area contributed by atoms with Crippen LogP contribution in [0.4, 0.5) is 5.69 Å². The number of amides is 1. The maximum atomic E-state index is 12.8. The van der Waals surface area contributed by atoms with Gasteiger partial charge in [-0.3, -0.25) is 9.69 Å². The highest BCUT2D eigenvalue weighted by Crippen LogP contribution is 2.44. The number of rotatable bonds is 8. The van der Waals surface area contributed by atoms with Crippen molar-refractivity contribution in [1.82, 2.24) is 10.6 Å². The minimum atomic E-state index is -1.16. The molecule has 2 aromatic carbocycles. The van der Waals surface area contributed by atoms with E-state index in [-0.39, 0.29) is 17.4 Å². The fourth-order valence-corrected chi connectivity index (χ4v) is 4.78. The Morgan fingerprint density at radius 1 is 1.23 bits per heavy atom. The summed E-state index contributed by atoms with van der Waals surface area (Å²) in [7, 11) is 1.60. The van der Waals surface area contributed by atoms with Gasteiger partial charge in [-0.2, -0.15) is 0 Å². The monoisotopic (exact) mass is 461 g/mol. The first-order valence-corrected chi connectivity index (χ1v) is 11.2. The Hall–Kier alpha value is -2.68. The average molecular weight is 462 g/mol. The zero-order valence-corrected chi connectivity index (χ0v) is 19.0. The highest BCUT2D eigenvalue weighted by Gasteiger charge is 2.51. The first kappa shape index (κ1) is 23.0. The number of hydrogen-bond acceptors (Lipinski definition) is 6. The molecular formula is C22H24ClN3O4S. The van der Waals surface area contributed by atoms with Crippen molar-refractivity contribution in [3.63, 3.8) is 0 Å². The molecule has 1 heterocycles. The molecule has 9 heteroatoms. The minimum Gasteiger partial charge on any atom is -0.476 e. The zero-order chi connectivity index (χ0) is 22.6. The summed E-state index contributed by atoms with van der Waals surface area (Å²) in [6.07, 6.45) is 1.89. The Morgan fingerprint density at radius 2 is 1.87 bits per heavy atom. The number of carboxylic acids is 1. The molecule has 1 aliphatic rings. The van der Waals surface area contributed by atoms with E-state index in [0.29, 0.717) is 22.9 Å². The number of para-hydroxylation sites is 1. The third kappa shape index (κ3) is 4.51. The lowest BCUT2D eigenvalue weighted by atomic mass is 10.1. The maximum absolute atomic E-state index is 12.8. The number of benzene rings is 2. The zero-order valence-electron chi connectivity index (χ0n) is 17.4. The van der Waals surface area contributed by atoms with Crippen LogP contribution in [0.2, 0.25) is 5.02 Å². The predicted molar refractivity (Wildman–Crippen MR) is 123 cm³/mol. The molecule has 1 aliphatic heterocycles. The molecule has 1 amide bonds. The van der Waals surface area contributed by atoms with Gasteiger partial charge in [0.2, 0.25) is 0 Å². The first-order chi connectivity index (χ1) is 14.8. The second kappa shape index (κ2) is 9.64. The first-order valence-electron chi connectivity index (χ1n) is 9.56. The van der Waals surface area contributed by atoms with Gasteiger partial charge in [0, 0.05) is 29.3 Å². The van der Waals surface area contributed by atoms with Gasteiger partial charge in [-0.05, 0) is 42.7 Å². The molecular weight excluding hydrogens is 438 g/mol. The van der Waals surface area contributed by atoms with Crippen molar-refractivity contribution < 1.29 is 19.4 Å². The molecule has 7 nitrogen and oxygen atoms in total. The van der Waals surface area contributed by atoms with Gasteiger partial charge in [0.1, 0.15) is 5.82 Å². The van der Waals surface area contributed by atoms with Gasteiger partial charge >= 0.3 is 5.97 Å². The van der Waals surface area contributed by atoms with Crippen LogP contribution in [0.5, 0.6) is 0 Å². The molecule has 2 atom stereocenters. The number of nitrogens with zero attached hydrogens (tertiary/aromatic N) is 1. The van der Waals surface area contributed by atoms with E-state index < -0.39 is 16.9 Å². The van der Waals surface area contributed by atoms with Gasteiger partial charge in [0.15, 0.2) is 10.7 Å². The number of ether oxygens (including phenoxy) is 1. The number of hydrogen-bond donors (Lipinski definition) is 3. The number of carbonyl (C=O) groups is 2. The summed E-state index contributed by atoms with van der Waals surface area (Å²) in [6, 6.07) is 15.6. The van der Waals surface area contributed by atoms with Gasteiger partial charge < -0.3 is 20.5 Å². The topological polar surface area (TPSA) is 90.9 Å². The standard InChI is InChI=1S/C22H24ClN3O4S/c1-14(13-30-2)22(31-3)25-19(24-20(27)15-9-11-16(23)12-10-15)18(21(28)29)26(22)17-7-5-4-6-8-17/h4-12,14,25H,13H2,1-3H3,(H,24,27)(H,28,29). The van der Waals surface area contributed by atoms with Crippen LogP contribution in [0, 0.1) is 5.92 Å². The van der Waals surface area contributed by atoms with Crippen LogP contribution in [0.1, 0.15) is 17.3 Å².